The van der Waals surface area contributed by atoms with E-state index in [1.807, 2.05) is 22.7 Å². The Balaban J connectivity index is 1.20. The number of thiophene rings is 2. The molecule has 0 amide bonds. The third kappa shape index (κ3) is 4.74. The van der Waals surface area contributed by atoms with Crippen LogP contribution >= 0.6 is 22.7 Å². The van der Waals surface area contributed by atoms with Gasteiger partial charge in [0.2, 0.25) is 0 Å². The molecule has 2 aliphatic heterocycles. The Morgan fingerprint density at radius 1 is 0.576 bits per heavy atom. The summed E-state index contributed by atoms with van der Waals surface area (Å²) in [4.78, 5) is 2.72. The van der Waals surface area contributed by atoms with Crippen LogP contribution in [0.5, 0.6) is 0 Å². The number of nitrogens with zero attached hydrogens (tertiary/aromatic N) is 2. The molecule has 4 aromatic heterocycles. The topological polar surface area (TPSA) is 21.3 Å². The summed E-state index contributed by atoms with van der Waals surface area (Å²) in [6.07, 6.45) is 2.32. The third-order valence-electron chi connectivity index (χ3n) is 16.2. The largest absolute Gasteiger partial charge is 0.455 e. The molecule has 0 spiro atoms. The maximum atomic E-state index is 7.33. The molecule has 8 aromatic carbocycles. The fourth-order valence-corrected chi connectivity index (χ4v) is 14.9. The highest BCUT2D eigenvalue weighted by atomic mass is 32.1. The van der Waals surface area contributed by atoms with Gasteiger partial charge < -0.3 is 13.8 Å². The fraction of sp³-hybridized carbons (Fsp3) is 0.200. The Morgan fingerprint density at radius 3 is 1.89 bits per heavy atom. The molecule has 3 nitrogen and oxygen atoms in total. The van der Waals surface area contributed by atoms with Gasteiger partial charge in [-0.25, -0.2) is 0 Å². The first kappa shape index (κ1) is 37.8. The number of para-hydroxylation sites is 1. The lowest BCUT2D eigenvalue weighted by Crippen LogP contribution is -2.60. The standard InChI is InChI=1S/C60H47BN2OS2/c1-58(2,3)32-20-22-33(23-21-32)63-45-28-38-35-15-10-13-19-49(35)65-50(38)29-40(45)52-53-36-16-8-11-17-47(36)64-57(53)54-39-26-41-42(60(6,7)25-24-59(41,4)5)30-44(39)62-46-31-51-37(34-14-9-12-18-48(34)66-51)27-43(46)61(63)55(52)56(54)62/h8-23,26-31H,24-25H2,1-7H3. The molecule has 6 heterocycles. The molecule has 12 aromatic rings. The van der Waals surface area contributed by atoms with Crippen molar-refractivity contribution in [2.24, 2.45) is 0 Å². The second-order valence-corrected chi connectivity index (χ2v) is 24.0. The van der Waals surface area contributed by atoms with E-state index in [4.69, 9.17) is 4.42 Å². The quantitative estimate of drug-likeness (QED) is 0.153. The van der Waals surface area contributed by atoms with Crippen molar-refractivity contribution in [3.63, 3.8) is 0 Å². The van der Waals surface area contributed by atoms with E-state index < -0.39 is 0 Å². The Hall–Kier alpha value is -6.34. The lowest BCUT2D eigenvalue weighted by molar-refractivity contribution is 0.332. The van der Waals surface area contributed by atoms with Gasteiger partial charge in [0.15, 0.2) is 0 Å². The van der Waals surface area contributed by atoms with Gasteiger partial charge in [-0.2, -0.15) is 0 Å². The first-order valence-corrected chi connectivity index (χ1v) is 25.3. The van der Waals surface area contributed by atoms with Crippen LogP contribution in [0.3, 0.4) is 0 Å². The number of hydrogen-bond donors (Lipinski definition) is 0. The van der Waals surface area contributed by atoms with E-state index in [1.165, 1.54) is 129 Å². The highest BCUT2D eigenvalue weighted by molar-refractivity contribution is 7.26. The molecular weight excluding hydrogens is 840 g/mol. The van der Waals surface area contributed by atoms with Crippen LogP contribution in [0.25, 0.3) is 101 Å². The van der Waals surface area contributed by atoms with Crippen molar-refractivity contribution in [1.82, 2.24) is 4.57 Å². The second kappa shape index (κ2) is 12.4. The summed E-state index contributed by atoms with van der Waals surface area (Å²) in [6.45, 7) is 16.7. The van der Waals surface area contributed by atoms with Crippen molar-refractivity contribution in [3.05, 3.63) is 150 Å². The molecular formula is C60H47BN2OS2. The SMILES string of the molecule is CC(C)(C)c1ccc(N2B3c4cc5c(cc4-n4c6cc7c(cc6c6c8oc9ccccc9c8c(c3c64)-c3cc4sc6ccccc6c4cc32)C(C)(C)CCC7(C)C)sc2ccccc25)cc1. The van der Waals surface area contributed by atoms with Crippen LogP contribution in [0, 0.1) is 0 Å². The Bertz CT molecular complexity index is 4170. The van der Waals surface area contributed by atoms with Crippen LogP contribution in [0.4, 0.5) is 11.4 Å². The number of fused-ring (bicyclic) bond motifs is 20. The van der Waals surface area contributed by atoms with E-state index in [0.717, 1.165) is 24.0 Å². The molecule has 15 rings (SSSR count). The van der Waals surface area contributed by atoms with Crippen molar-refractivity contribution in [2.75, 3.05) is 4.81 Å². The van der Waals surface area contributed by atoms with Gasteiger partial charge >= 0.3 is 6.85 Å². The monoisotopic (exact) mass is 886 g/mol. The maximum Gasteiger partial charge on any atom is 0.333 e. The van der Waals surface area contributed by atoms with Gasteiger partial charge in [0.1, 0.15) is 11.2 Å². The van der Waals surface area contributed by atoms with Crippen molar-refractivity contribution >= 4 is 136 Å². The van der Waals surface area contributed by atoms with Gasteiger partial charge in [-0.3, -0.25) is 0 Å². The Labute approximate surface area is 392 Å². The molecule has 0 bridgehead atoms. The number of anilines is 2. The zero-order valence-electron chi connectivity index (χ0n) is 38.3. The van der Waals surface area contributed by atoms with Gasteiger partial charge in [-0.15, -0.1) is 22.7 Å². The maximum absolute atomic E-state index is 7.33. The van der Waals surface area contributed by atoms with Crippen molar-refractivity contribution in [1.29, 1.82) is 0 Å². The molecule has 3 aliphatic rings. The molecule has 1 aliphatic carbocycles. The van der Waals surface area contributed by atoms with E-state index in [1.54, 1.807) is 0 Å². The summed E-state index contributed by atoms with van der Waals surface area (Å²) in [6, 6.07) is 51.7. The summed E-state index contributed by atoms with van der Waals surface area (Å²) < 4.78 is 15.3. The van der Waals surface area contributed by atoms with E-state index >= 15 is 0 Å². The van der Waals surface area contributed by atoms with Crippen molar-refractivity contribution in [2.45, 2.75) is 77.6 Å². The molecule has 0 saturated carbocycles. The van der Waals surface area contributed by atoms with Gasteiger partial charge in [-0.1, -0.05) is 121 Å². The first-order valence-electron chi connectivity index (χ1n) is 23.7. The van der Waals surface area contributed by atoms with Crippen LogP contribution in [-0.2, 0) is 16.2 Å². The van der Waals surface area contributed by atoms with E-state index in [-0.39, 0.29) is 23.1 Å². The fourth-order valence-electron chi connectivity index (χ4n) is 12.7. The number of rotatable bonds is 1. The Kier molecular flexibility index (Phi) is 7.08. The molecule has 66 heavy (non-hydrogen) atoms. The average Bonchev–Trinajstić information content (AvgIpc) is 4.07. The smallest absolute Gasteiger partial charge is 0.333 e. The normalized spacial score (nSPS) is 16.2. The zero-order chi connectivity index (χ0) is 44.3. The van der Waals surface area contributed by atoms with Gasteiger partial charge in [0.25, 0.3) is 0 Å². The molecule has 0 unspecified atom stereocenters. The highest BCUT2D eigenvalue weighted by Gasteiger charge is 2.47. The van der Waals surface area contributed by atoms with Crippen LogP contribution < -0.4 is 15.7 Å². The van der Waals surface area contributed by atoms with Crippen LogP contribution in [-0.4, -0.2) is 11.4 Å². The predicted octanol–water partition coefficient (Wildman–Crippen LogP) is 16.3. The highest BCUT2D eigenvalue weighted by Crippen LogP contribution is 2.55. The first-order chi connectivity index (χ1) is 31.8. The van der Waals surface area contributed by atoms with Crippen LogP contribution in [0.15, 0.2) is 138 Å². The van der Waals surface area contributed by atoms with E-state index in [9.17, 15) is 0 Å². The third-order valence-corrected chi connectivity index (χ3v) is 18.4. The van der Waals surface area contributed by atoms with Gasteiger partial charge in [0, 0.05) is 79.1 Å². The van der Waals surface area contributed by atoms with E-state index in [2.05, 4.69) is 191 Å². The zero-order valence-corrected chi connectivity index (χ0v) is 39.9. The minimum Gasteiger partial charge on any atom is -0.455 e. The summed E-state index contributed by atoms with van der Waals surface area (Å²) in [7, 11) is 0. The molecule has 0 radical (unpaired) electrons. The van der Waals surface area contributed by atoms with Crippen LogP contribution in [0.2, 0.25) is 0 Å². The number of aromatic nitrogens is 1. The van der Waals surface area contributed by atoms with Gasteiger partial charge in [-0.05, 0) is 123 Å². The summed E-state index contributed by atoms with van der Waals surface area (Å²) >= 11 is 3.82. The molecule has 0 fully saturated rings. The van der Waals surface area contributed by atoms with E-state index in [0.29, 0.717) is 0 Å². The molecule has 0 N–H and O–H groups in total. The summed E-state index contributed by atoms with van der Waals surface area (Å²) in [5, 5.41) is 10.2. The Morgan fingerprint density at radius 2 is 1.20 bits per heavy atom. The molecule has 6 heteroatoms. The van der Waals surface area contributed by atoms with Crippen LogP contribution in [0.1, 0.15) is 78.0 Å². The van der Waals surface area contributed by atoms with Crippen molar-refractivity contribution in [3.8, 4) is 16.8 Å². The average molecular weight is 887 g/mol. The second-order valence-electron chi connectivity index (χ2n) is 21.9. The number of furan rings is 1. The molecule has 318 valence electrons. The minimum absolute atomic E-state index is 0.0269. The number of benzene rings is 8. The van der Waals surface area contributed by atoms with Crippen molar-refractivity contribution < 1.29 is 4.42 Å². The molecule has 0 atom stereocenters. The summed E-state index contributed by atoms with van der Waals surface area (Å²) in [5.41, 5.74) is 17.9. The molecule has 0 saturated heterocycles. The lowest BCUT2D eigenvalue weighted by Gasteiger charge is -2.42. The van der Waals surface area contributed by atoms with Gasteiger partial charge in [0.05, 0.1) is 16.4 Å². The minimum atomic E-state index is -0.131. The number of hydrogen-bond acceptors (Lipinski definition) is 4. The summed E-state index contributed by atoms with van der Waals surface area (Å²) in [5.74, 6) is 0. The predicted molar refractivity (Wildman–Crippen MR) is 287 cm³/mol. The lowest BCUT2D eigenvalue weighted by atomic mass is 9.43.